The molecule has 1 fully saturated rings. The van der Waals surface area contributed by atoms with E-state index in [9.17, 15) is 4.79 Å². The Morgan fingerprint density at radius 2 is 1.74 bits per heavy atom. The minimum Gasteiger partial charge on any atom is -0.493 e. The van der Waals surface area contributed by atoms with Gasteiger partial charge in [0.2, 0.25) is 0 Å². The topological polar surface area (TPSA) is 60.0 Å². The maximum absolute atomic E-state index is 13.1. The SMILES string of the molecule is COc1cccc(C(=O)NC[C@@H](c2cccc3ccccc23)N2CCOCC2)c1OC. The quantitative estimate of drug-likeness (QED) is 0.632. The van der Waals surface area contributed by atoms with Crippen molar-refractivity contribution in [2.24, 2.45) is 0 Å². The number of hydrogen-bond donors (Lipinski definition) is 1. The zero-order valence-electron chi connectivity index (χ0n) is 18.0. The highest BCUT2D eigenvalue weighted by molar-refractivity contribution is 5.98. The average Bonchev–Trinajstić information content (AvgIpc) is 2.84. The van der Waals surface area contributed by atoms with Gasteiger partial charge in [-0.05, 0) is 28.5 Å². The summed E-state index contributed by atoms with van der Waals surface area (Å²) >= 11 is 0. The van der Waals surface area contributed by atoms with Crippen molar-refractivity contribution in [3.63, 3.8) is 0 Å². The molecule has 3 aromatic rings. The Bertz CT molecular complexity index is 1040. The number of ether oxygens (including phenoxy) is 3. The Morgan fingerprint density at radius 1 is 1.00 bits per heavy atom. The molecule has 0 radical (unpaired) electrons. The molecule has 1 atom stereocenters. The lowest BCUT2D eigenvalue weighted by Gasteiger charge is -2.35. The van der Waals surface area contributed by atoms with Crippen LogP contribution in [0.4, 0.5) is 0 Å². The van der Waals surface area contributed by atoms with Gasteiger partial charge in [0.05, 0.1) is 39.0 Å². The number of amides is 1. The fourth-order valence-electron chi connectivity index (χ4n) is 4.22. The molecule has 1 amide bonds. The van der Waals surface area contributed by atoms with Gasteiger partial charge in [-0.3, -0.25) is 9.69 Å². The van der Waals surface area contributed by atoms with Crippen molar-refractivity contribution in [3.8, 4) is 11.5 Å². The Morgan fingerprint density at radius 3 is 2.52 bits per heavy atom. The predicted octanol–water partition coefficient (Wildman–Crippen LogP) is 3.66. The maximum Gasteiger partial charge on any atom is 0.255 e. The van der Waals surface area contributed by atoms with Gasteiger partial charge < -0.3 is 19.5 Å². The van der Waals surface area contributed by atoms with E-state index >= 15 is 0 Å². The number of fused-ring (bicyclic) bond motifs is 1. The second-order valence-corrected chi connectivity index (χ2v) is 7.48. The van der Waals surface area contributed by atoms with Crippen LogP contribution in [0, 0.1) is 0 Å². The minimum absolute atomic E-state index is 0.0375. The van der Waals surface area contributed by atoms with Gasteiger partial charge in [-0.25, -0.2) is 0 Å². The van der Waals surface area contributed by atoms with Crippen LogP contribution in [0.5, 0.6) is 11.5 Å². The molecule has 6 heteroatoms. The van der Waals surface area contributed by atoms with E-state index in [1.807, 2.05) is 6.07 Å². The van der Waals surface area contributed by atoms with Crippen LogP contribution in [0.3, 0.4) is 0 Å². The number of hydrogen-bond acceptors (Lipinski definition) is 5. The molecule has 0 aliphatic carbocycles. The molecular formula is C25H28N2O4. The average molecular weight is 421 g/mol. The summed E-state index contributed by atoms with van der Waals surface area (Å²) in [4.78, 5) is 15.5. The van der Waals surface area contributed by atoms with Gasteiger partial charge in [0.1, 0.15) is 0 Å². The lowest BCUT2D eigenvalue weighted by Crippen LogP contribution is -2.44. The van der Waals surface area contributed by atoms with Gasteiger partial charge in [0.15, 0.2) is 11.5 Å². The van der Waals surface area contributed by atoms with Crippen LogP contribution in [0.15, 0.2) is 60.7 Å². The third-order valence-corrected chi connectivity index (χ3v) is 5.77. The van der Waals surface area contributed by atoms with Gasteiger partial charge >= 0.3 is 0 Å². The van der Waals surface area contributed by atoms with Gasteiger partial charge in [-0.15, -0.1) is 0 Å². The molecule has 0 bridgehead atoms. The molecule has 4 rings (SSSR count). The highest BCUT2D eigenvalue weighted by Gasteiger charge is 2.25. The molecule has 1 saturated heterocycles. The fourth-order valence-corrected chi connectivity index (χ4v) is 4.22. The summed E-state index contributed by atoms with van der Waals surface area (Å²) in [7, 11) is 3.11. The number of carbonyl (C=O) groups is 1. The van der Waals surface area contributed by atoms with Crippen LogP contribution in [0.2, 0.25) is 0 Å². The maximum atomic E-state index is 13.1. The Labute approximate surface area is 182 Å². The molecule has 1 aliphatic rings. The third-order valence-electron chi connectivity index (χ3n) is 5.77. The number of para-hydroxylation sites is 1. The van der Waals surface area contributed by atoms with Crippen molar-refractivity contribution >= 4 is 16.7 Å². The Balaban J connectivity index is 1.62. The van der Waals surface area contributed by atoms with Crippen LogP contribution < -0.4 is 14.8 Å². The number of carbonyl (C=O) groups excluding carboxylic acids is 1. The molecule has 3 aromatic carbocycles. The molecule has 1 N–H and O–H groups in total. The van der Waals surface area contributed by atoms with E-state index in [4.69, 9.17) is 14.2 Å². The summed E-state index contributed by atoms with van der Waals surface area (Å²) in [6, 6.07) is 20.1. The number of morpholine rings is 1. The number of benzene rings is 3. The van der Waals surface area contributed by atoms with E-state index in [0.29, 0.717) is 36.8 Å². The zero-order chi connectivity index (χ0) is 21.6. The van der Waals surface area contributed by atoms with Crippen molar-refractivity contribution < 1.29 is 19.0 Å². The first-order chi connectivity index (χ1) is 15.2. The third kappa shape index (κ3) is 4.50. The first-order valence-electron chi connectivity index (χ1n) is 10.5. The summed E-state index contributed by atoms with van der Waals surface area (Å²) in [6.45, 7) is 3.52. The summed E-state index contributed by atoms with van der Waals surface area (Å²) in [5.41, 5.74) is 1.67. The number of methoxy groups -OCH3 is 2. The smallest absolute Gasteiger partial charge is 0.255 e. The molecule has 0 spiro atoms. The van der Waals surface area contributed by atoms with Gasteiger partial charge in [0.25, 0.3) is 5.91 Å². The van der Waals surface area contributed by atoms with Crippen LogP contribution in [-0.2, 0) is 4.74 Å². The summed E-state index contributed by atoms with van der Waals surface area (Å²) < 4.78 is 16.3. The van der Waals surface area contributed by atoms with Gasteiger partial charge in [-0.1, -0.05) is 48.5 Å². The molecule has 162 valence electrons. The molecule has 0 aromatic heterocycles. The predicted molar refractivity (Wildman–Crippen MR) is 121 cm³/mol. The number of nitrogens with zero attached hydrogens (tertiary/aromatic N) is 1. The zero-order valence-corrected chi connectivity index (χ0v) is 18.0. The number of rotatable bonds is 7. The van der Waals surface area contributed by atoms with E-state index in [1.54, 1.807) is 32.4 Å². The molecular weight excluding hydrogens is 392 g/mol. The van der Waals surface area contributed by atoms with Crippen molar-refractivity contribution in [2.75, 3.05) is 47.1 Å². The summed E-state index contributed by atoms with van der Waals surface area (Å²) in [5.74, 6) is 0.791. The Hall–Kier alpha value is -3.09. The second kappa shape index (κ2) is 9.81. The minimum atomic E-state index is -0.186. The molecule has 6 nitrogen and oxygen atoms in total. The molecule has 31 heavy (non-hydrogen) atoms. The van der Waals surface area contributed by atoms with Crippen LogP contribution in [0.1, 0.15) is 22.0 Å². The first-order valence-corrected chi connectivity index (χ1v) is 10.5. The summed E-state index contributed by atoms with van der Waals surface area (Å²) in [6.07, 6.45) is 0. The van der Waals surface area contributed by atoms with Crippen LogP contribution in [0.25, 0.3) is 10.8 Å². The molecule has 1 aliphatic heterocycles. The molecule has 0 saturated carbocycles. The fraction of sp³-hybridized carbons (Fsp3) is 0.320. The van der Waals surface area contributed by atoms with Crippen LogP contribution in [-0.4, -0.2) is 57.9 Å². The van der Waals surface area contributed by atoms with Gasteiger partial charge in [-0.2, -0.15) is 0 Å². The van der Waals surface area contributed by atoms with Crippen LogP contribution >= 0.6 is 0 Å². The highest BCUT2D eigenvalue weighted by Crippen LogP contribution is 2.32. The van der Waals surface area contributed by atoms with Gasteiger partial charge in [0, 0.05) is 19.6 Å². The van der Waals surface area contributed by atoms with Crippen molar-refractivity contribution in [1.29, 1.82) is 0 Å². The lowest BCUT2D eigenvalue weighted by atomic mass is 9.97. The highest BCUT2D eigenvalue weighted by atomic mass is 16.5. The Kier molecular flexibility index (Phi) is 6.70. The van der Waals surface area contributed by atoms with E-state index < -0.39 is 0 Å². The second-order valence-electron chi connectivity index (χ2n) is 7.48. The van der Waals surface area contributed by atoms with Crippen molar-refractivity contribution in [1.82, 2.24) is 10.2 Å². The van der Waals surface area contributed by atoms with Crippen molar-refractivity contribution in [2.45, 2.75) is 6.04 Å². The van der Waals surface area contributed by atoms with E-state index in [-0.39, 0.29) is 11.9 Å². The monoisotopic (exact) mass is 420 g/mol. The summed E-state index contributed by atoms with van der Waals surface area (Å²) in [5, 5.41) is 5.53. The van der Waals surface area contributed by atoms with E-state index in [1.165, 1.54) is 16.3 Å². The van der Waals surface area contributed by atoms with Crippen molar-refractivity contribution in [3.05, 3.63) is 71.8 Å². The first kappa shape index (κ1) is 21.2. The number of nitrogens with one attached hydrogen (secondary N) is 1. The molecule has 1 heterocycles. The largest absolute Gasteiger partial charge is 0.493 e. The normalized spacial score (nSPS) is 15.4. The lowest BCUT2D eigenvalue weighted by molar-refractivity contribution is 0.0165. The van der Waals surface area contributed by atoms with E-state index in [0.717, 1.165) is 13.1 Å². The van der Waals surface area contributed by atoms with E-state index in [2.05, 4.69) is 46.6 Å². The molecule has 0 unspecified atom stereocenters. The standard InChI is InChI=1S/C25H28N2O4/c1-29-23-12-6-11-21(24(23)30-2)25(28)26-17-22(27-13-15-31-16-14-27)20-10-5-8-18-7-3-4-9-19(18)20/h3-12,22H,13-17H2,1-2H3,(H,26,28)/t22-/m0/s1.